The van der Waals surface area contributed by atoms with Crippen molar-refractivity contribution in [2.75, 3.05) is 13.7 Å². The van der Waals surface area contributed by atoms with Gasteiger partial charge < -0.3 is 10.1 Å². The van der Waals surface area contributed by atoms with Gasteiger partial charge in [-0.3, -0.25) is 9.97 Å². The van der Waals surface area contributed by atoms with Crippen LogP contribution in [0.1, 0.15) is 36.3 Å². The lowest BCUT2D eigenvalue weighted by molar-refractivity contribution is 0.315. The third kappa shape index (κ3) is 3.54. The minimum Gasteiger partial charge on any atom is -0.492 e. The van der Waals surface area contributed by atoms with Gasteiger partial charge in [0.05, 0.1) is 24.5 Å². The van der Waals surface area contributed by atoms with E-state index >= 15 is 0 Å². The summed E-state index contributed by atoms with van der Waals surface area (Å²) in [7, 11) is 1.92. The van der Waals surface area contributed by atoms with Crippen LogP contribution in [0.25, 0.3) is 0 Å². The van der Waals surface area contributed by atoms with Gasteiger partial charge in [0.2, 0.25) is 0 Å². The first-order valence-electron chi connectivity index (χ1n) is 6.93. The highest BCUT2D eigenvalue weighted by atomic mass is 16.5. The van der Waals surface area contributed by atoms with Crippen LogP contribution in [-0.2, 0) is 0 Å². The van der Waals surface area contributed by atoms with E-state index in [0.29, 0.717) is 6.61 Å². The maximum Gasteiger partial charge on any atom is 0.137 e. The number of ether oxygens (including phenoxy) is 1. The van der Waals surface area contributed by atoms with Crippen molar-refractivity contribution in [2.45, 2.75) is 26.3 Å². The van der Waals surface area contributed by atoms with Crippen LogP contribution in [0.2, 0.25) is 0 Å². The summed E-state index contributed by atoms with van der Waals surface area (Å²) in [5.74, 6) is 0.803. The van der Waals surface area contributed by atoms with Crippen LogP contribution in [0.15, 0.2) is 36.7 Å². The number of rotatable bonds is 6. The Balaban J connectivity index is 2.27. The fraction of sp³-hybridized carbons (Fsp3) is 0.375. The average molecular weight is 271 g/mol. The van der Waals surface area contributed by atoms with Crippen molar-refractivity contribution in [3.8, 4) is 5.75 Å². The van der Waals surface area contributed by atoms with Crippen LogP contribution in [0.3, 0.4) is 0 Å². The number of aryl methyl sites for hydroxylation is 1. The Kier molecular flexibility index (Phi) is 5.07. The molecule has 20 heavy (non-hydrogen) atoms. The summed E-state index contributed by atoms with van der Waals surface area (Å²) >= 11 is 0. The molecule has 1 N–H and O–H groups in total. The van der Waals surface area contributed by atoms with E-state index in [1.165, 1.54) is 0 Å². The van der Waals surface area contributed by atoms with E-state index in [-0.39, 0.29) is 6.04 Å². The Morgan fingerprint density at radius 3 is 2.85 bits per heavy atom. The molecule has 0 saturated heterocycles. The molecule has 0 fully saturated rings. The van der Waals surface area contributed by atoms with Crippen LogP contribution in [0.5, 0.6) is 5.75 Å². The smallest absolute Gasteiger partial charge is 0.137 e. The molecular formula is C16H21N3O. The van der Waals surface area contributed by atoms with Crippen LogP contribution in [-0.4, -0.2) is 23.6 Å². The highest BCUT2D eigenvalue weighted by Crippen LogP contribution is 2.23. The molecule has 0 radical (unpaired) electrons. The van der Waals surface area contributed by atoms with E-state index in [4.69, 9.17) is 4.74 Å². The zero-order valence-corrected chi connectivity index (χ0v) is 12.3. The first kappa shape index (κ1) is 14.5. The van der Waals surface area contributed by atoms with Gasteiger partial charge in [-0.05, 0) is 44.2 Å². The van der Waals surface area contributed by atoms with Gasteiger partial charge in [0.25, 0.3) is 0 Å². The molecule has 2 aromatic rings. The van der Waals surface area contributed by atoms with Crippen LogP contribution >= 0.6 is 0 Å². The third-order valence-corrected chi connectivity index (χ3v) is 3.03. The van der Waals surface area contributed by atoms with E-state index in [9.17, 15) is 0 Å². The van der Waals surface area contributed by atoms with Gasteiger partial charge in [0.1, 0.15) is 5.75 Å². The van der Waals surface area contributed by atoms with Gasteiger partial charge in [-0.25, -0.2) is 0 Å². The zero-order chi connectivity index (χ0) is 14.4. The van der Waals surface area contributed by atoms with Crippen molar-refractivity contribution in [1.82, 2.24) is 15.3 Å². The lowest BCUT2D eigenvalue weighted by Crippen LogP contribution is -2.19. The molecule has 0 aromatic carbocycles. The fourth-order valence-corrected chi connectivity index (χ4v) is 2.10. The van der Waals surface area contributed by atoms with E-state index in [2.05, 4.69) is 22.2 Å². The number of pyridine rings is 2. The average Bonchev–Trinajstić information content (AvgIpc) is 2.46. The SMILES string of the molecule is CCCOc1cncc(C(NC)c2cccc(C)n2)c1. The van der Waals surface area contributed by atoms with Crippen molar-refractivity contribution < 1.29 is 4.74 Å². The van der Waals surface area contributed by atoms with E-state index < -0.39 is 0 Å². The first-order valence-corrected chi connectivity index (χ1v) is 6.93. The predicted octanol–water partition coefficient (Wildman–Crippen LogP) is 2.88. The predicted molar refractivity (Wildman–Crippen MR) is 79.9 cm³/mol. The molecule has 0 amide bonds. The number of hydrogen-bond acceptors (Lipinski definition) is 4. The fourth-order valence-electron chi connectivity index (χ4n) is 2.10. The van der Waals surface area contributed by atoms with Gasteiger partial charge in [0, 0.05) is 11.9 Å². The van der Waals surface area contributed by atoms with Gasteiger partial charge in [-0.2, -0.15) is 0 Å². The molecular weight excluding hydrogens is 250 g/mol. The molecule has 0 bridgehead atoms. The van der Waals surface area contributed by atoms with Crippen LogP contribution < -0.4 is 10.1 Å². The molecule has 0 aliphatic heterocycles. The molecule has 0 aliphatic rings. The summed E-state index contributed by atoms with van der Waals surface area (Å²) in [6.07, 6.45) is 4.58. The minimum atomic E-state index is 0.0209. The Morgan fingerprint density at radius 2 is 2.15 bits per heavy atom. The van der Waals surface area contributed by atoms with E-state index in [1.807, 2.05) is 44.4 Å². The number of aromatic nitrogens is 2. The highest BCUT2D eigenvalue weighted by Gasteiger charge is 2.14. The molecule has 2 heterocycles. The minimum absolute atomic E-state index is 0.0209. The van der Waals surface area contributed by atoms with E-state index in [0.717, 1.165) is 29.1 Å². The van der Waals surface area contributed by atoms with E-state index in [1.54, 1.807) is 6.20 Å². The molecule has 4 heteroatoms. The molecule has 1 atom stereocenters. The topological polar surface area (TPSA) is 47.0 Å². The Labute approximate surface area is 120 Å². The van der Waals surface area contributed by atoms with Gasteiger partial charge in [0.15, 0.2) is 0 Å². The number of hydrogen-bond donors (Lipinski definition) is 1. The second-order valence-electron chi connectivity index (χ2n) is 4.73. The maximum atomic E-state index is 5.64. The maximum absolute atomic E-state index is 5.64. The second-order valence-corrected chi connectivity index (χ2v) is 4.73. The second kappa shape index (κ2) is 7.01. The molecule has 1 unspecified atom stereocenters. The summed E-state index contributed by atoms with van der Waals surface area (Å²) < 4.78 is 5.64. The van der Waals surface area contributed by atoms with Crippen molar-refractivity contribution in [3.63, 3.8) is 0 Å². The first-order chi connectivity index (χ1) is 9.74. The third-order valence-electron chi connectivity index (χ3n) is 3.03. The summed E-state index contributed by atoms with van der Waals surface area (Å²) in [6.45, 7) is 4.79. The molecule has 2 aromatic heterocycles. The lowest BCUT2D eigenvalue weighted by atomic mass is 10.0. The summed E-state index contributed by atoms with van der Waals surface area (Å²) in [4.78, 5) is 8.84. The Morgan fingerprint density at radius 1 is 1.30 bits per heavy atom. The zero-order valence-electron chi connectivity index (χ0n) is 12.3. The standard InChI is InChI=1S/C16H21N3O/c1-4-8-20-14-9-13(10-18-11-14)16(17-3)15-7-5-6-12(2)19-15/h5-7,9-11,16-17H,4,8H2,1-3H3. The van der Waals surface area contributed by atoms with Crippen molar-refractivity contribution in [2.24, 2.45) is 0 Å². The molecule has 4 nitrogen and oxygen atoms in total. The highest BCUT2D eigenvalue weighted by molar-refractivity contribution is 5.31. The summed E-state index contributed by atoms with van der Waals surface area (Å²) in [5, 5.41) is 3.29. The van der Waals surface area contributed by atoms with Gasteiger partial charge in [-0.1, -0.05) is 13.0 Å². The van der Waals surface area contributed by atoms with Gasteiger partial charge in [-0.15, -0.1) is 0 Å². The molecule has 2 rings (SSSR count). The van der Waals surface area contributed by atoms with Crippen LogP contribution in [0, 0.1) is 6.92 Å². The van der Waals surface area contributed by atoms with Gasteiger partial charge >= 0.3 is 0 Å². The molecule has 0 aliphatic carbocycles. The van der Waals surface area contributed by atoms with Crippen molar-refractivity contribution >= 4 is 0 Å². The number of nitrogens with one attached hydrogen (secondary N) is 1. The Hall–Kier alpha value is -1.94. The monoisotopic (exact) mass is 271 g/mol. The molecule has 0 saturated carbocycles. The number of nitrogens with zero attached hydrogens (tertiary/aromatic N) is 2. The molecule has 0 spiro atoms. The molecule has 106 valence electrons. The normalized spacial score (nSPS) is 12.2. The summed E-state index contributed by atoms with van der Waals surface area (Å²) in [5.41, 5.74) is 3.05. The quantitative estimate of drug-likeness (QED) is 0.877. The summed E-state index contributed by atoms with van der Waals surface area (Å²) in [6, 6.07) is 8.08. The largest absolute Gasteiger partial charge is 0.492 e. The van der Waals surface area contributed by atoms with Crippen molar-refractivity contribution in [3.05, 3.63) is 53.6 Å². The van der Waals surface area contributed by atoms with Crippen LogP contribution in [0.4, 0.5) is 0 Å². The lowest BCUT2D eigenvalue weighted by Gasteiger charge is -2.17. The Bertz CT molecular complexity index is 557. The van der Waals surface area contributed by atoms with Crippen molar-refractivity contribution in [1.29, 1.82) is 0 Å².